The molecular formula is C12H16BrNO5S2. The molecule has 1 aromatic heterocycles. The Bertz CT molecular complexity index is 608. The molecule has 0 bridgehead atoms. The number of esters is 1. The molecule has 6 nitrogen and oxygen atoms in total. The number of sulfonamides is 1. The predicted octanol–water partition coefficient (Wildman–Crippen LogP) is 1.77. The van der Waals surface area contributed by atoms with Crippen molar-refractivity contribution in [1.82, 2.24) is 4.31 Å². The van der Waals surface area contributed by atoms with E-state index in [1.54, 1.807) is 6.07 Å². The van der Waals surface area contributed by atoms with E-state index in [0.29, 0.717) is 4.21 Å². The third-order valence-corrected chi connectivity index (χ3v) is 7.60. The molecule has 9 heteroatoms. The number of aryl methyl sites for hydroxylation is 1. The Morgan fingerprint density at radius 2 is 2.33 bits per heavy atom. The minimum atomic E-state index is -3.55. The lowest BCUT2D eigenvalue weighted by atomic mass is 10.2. The molecule has 2 rings (SSSR count). The van der Waals surface area contributed by atoms with Crippen LogP contribution in [0.4, 0.5) is 0 Å². The van der Waals surface area contributed by atoms with Gasteiger partial charge in [-0.15, -0.1) is 11.3 Å². The number of thiophene rings is 1. The Balaban J connectivity index is 2.14. The van der Waals surface area contributed by atoms with Crippen molar-refractivity contribution < 1.29 is 22.7 Å². The summed E-state index contributed by atoms with van der Waals surface area (Å²) >= 11 is 4.53. The Labute approximate surface area is 136 Å². The highest BCUT2D eigenvalue weighted by molar-refractivity contribution is 9.11. The zero-order valence-corrected chi connectivity index (χ0v) is 14.9. The van der Waals surface area contributed by atoms with Gasteiger partial charge in [0, 0.05) is 13.1 Å². The predicted molar refractivity (Wildman–Crippen MR) is 81.9 cm³/mol. The molecule has 2 heterocycles. The average molecular weight is 398 g/mol. The van der Waals surface area contributed by atoms with Crippen molar-refractivity contribution in [3.8, 4) is 0 Å². The molecule has 0 amide bonds. The largest absolute Gasteiger partial charge is 0.469 e. The molecule has 0 aromatic carbocycles. The van der Waals surface area contributed by atoms with Crippen molar-refractivity contribution in [3.63, 3.8) is 0 Å². The normalized spacial score (nSPS) is 20.4. The van der Waals surface area contributed by atoms with Crippen LogP contribution in [0.2, 0.25) is 0 Å². The van der Waals surface area contributed by atoms with Gasteiger partial charge in [0.2, 0.25) is 0 Å². The second-order valence-electron chi connectivity index (χ2n) is 4.66. The first-order chi connectivity index (χ1) is 9.84. The fourth-order valence-corrected chi connectivity index (χ4v) is 5.83. The van der Waals surface area contributed by atoms with Gasteiger partial charge in [0.1, 0.15) is 4.21 Å². The standard InChI is InChI=1S/C12H16BrNO5S2/c1-8-5-11(20-12(8)13)21(16,17)14-3-4-19-9(7-14)6-10(15)18-2/h5,9H,3-4,6-7H2,1-2H3. The molecule has 1 aliphatic heterocycles. The van der Waals surface area contributed by atoms with Gasteiger partial charge in [-0.05, 0) is 34.5 Å². The third kappa shape index (κ3) is 3.84. The Morgan fingerprint density at radius 3 is 2.90 bits per heavy atom. The third-order valence-electron chi connectivity index (χ3n) is 3.15. The molecule has 0 spiro atoms. The summed E-state index contributed by atoms with van der Waals surface area (Å²) in [6, 6.07) is 1.65. The van der Waals surface area contributed by atoms with Crippen LogP contribution in [0.15, 0.2) is 14.1 Å². The molecule has 1 fully saturated rings. The number of hydrogen-bond donors (Lipinski definition) is 0. The van der Waals surface area contributed by atoms with Crippen molar-refractivity contribution in [1.29, 1.82) is 0 Å². The molecule has 21 heavy (non-hydrogen) atoms. The minimum Gasteiger partial charge on any atom is -0.469 e. The van der Waals surface area contributed by atoms with Gasteiger partial charge in [0.15, 0.2) is 0 Å². The maximum atomic E-state index is 12.6. The molecule has 0 aliphatic carbocycles. The smallest absolute Gasteiger partial charge is 0.308 e. The number of morpholine rings is 1. The van der Waals surface area contributed by atoms with Gasteiger partial charge in [-0.2, -0.15) is 4.31 Å². The molecular weight excluding hydrogens is 382 g/mol. The zero-order chi connectivity index (χ0) is 15.6. The van der Waals surface area contributed by atoms with Gasteiger partial charge in [-0.25, -0.2) is 8.42 Å². The van der Waals surface area contributed by atoms with Crippen LogP contribution < -0.4 is 0 Å². The van der Waals surface area contributed by atoms with E-state index in [2.05, 4.69) is 20.7 Å². The fraction of sp³-hybridized carbons (Fsp3) is 0.583. The molecule has 0 radical (unpaired) electrons. The molecule has 1 aliphatic rings. The lowest BCUT2D eigenvalue weighted by Crippen LogP contribution is -2.46. The highest BCUT2D eigenvalue weighted by Crippen LogP contribution is 2.32. The van der Waals surface area contributed by atoms with E-state index in [4.69, 9.17) is 4.74 Å². The Kier molecular flexibility index (Phi) is 5.42. The van der Waals surface area contributed by atoms with E-state index in [9.17, 15) is 13.2 Å². The van der Waals surface area contributed by atoms with E-state index >= 15 is 0 Å². The zero-order valence-electron chi connectivity index (χ0n) is 11.7. The van der Waals surface area contributed by atoms with Crippen LogP contribution in [0.5, 0.6) is 0 Å². The van der Waals surface area contributed by atoms with E-state index in [-0.39, 0.29) is 26.1 Å². The van der Waals surface area contributed by atoms with Crippen LogP contribution in [-0.2, 0) is 24.3 Å². The number of hydrogen-bond acceptors (Lipinski definition) is 6. The number of halogens is 1. The second kappa shape index (κ2) is 6.74. The maximum absolute atomic E-state index is 12.6. The Morgan fingerprint density at radius 1 is 1.62 bits per heavy atom. The van der Waals surface area contributed by atoms with E-state index in [1.807, 2.05) is 6.92 Å². The minimum absolute atomic E-state index is 0.0513. The number of carbonyl (C=O) groups is 1. The quantitative estimate of drug-likeness (QED) is 0.723. The molecule has 1 aromatic rings. The Hall–Kier alpha value is -0.480. The molecule has 1 saturated heterocycles. The van der Waals surface area contributed by atoms with E-state index < -0.39 is 22.1 Å². The number of nitrogens with zero attached hydrogens (tertiary/aromatic N) is 1. The summed E-state index contributed by atoms with van der Waals surface area (Å²) in [5.41, 5.74) is 0.887. The fourth-order valence-electron chi connectivity index (χ4n) is 1.99. The molecule has 0 N–H and O–H groups in total. The lowest BCUT2D eigenvalue weighted by Gasteiger charge is -2.31. The first-order valence-corrected chi connectivity index (χ1v) is 9.34. The SMILES string of the molecule is COC(=O)CC1CN(S(=O)(=O)c2cc(C)c(Br)s2)CCO1. The summed E-state index contributed by atoms with van der Waals surface area (Å²) in [4.78, 5) is 11.3. The molecule has 1 atom stereocenters. The van der Waals surface area contributed by atoms with E-state index in [1.165, 1.54) is 22.8 Å². The van der Waals surface area contributed by atoms with Crippen LogP contribution >= 0.6 is 27.3 Å². The van der Waals surface area contributed by atoms with Crippen LogP contribution in [0.25, 0.3) is 0 Å². The van der Waals surface area contributed by atoms with Crippen molar-refractivity contribution in [3.05, 3.63) is 15.4 Å². The first-order valence-electron chi connectivity index (χ1n) is 6.29. The topological polar surface area (TPSA) is 72.9 Å². The number of ether oxygens (including phenoxy) is 2. The maximum Gasteiger partial charge on any atom is 0.308 e. The van der Waals surface area contributed by atoms with Gasteiger partial charge in [0.25, 0.3) is 10.0 Å². The summed E-state index contributed by atoms with van der Waals surface area (Å²) in [6.07, 6.45) is -0.416. The van der Waals surface area contributed by atoms with Gasteiger partial charge in [0.05, 0.1) is 30.0 Å². The highest BCUT2D eigenvalue weighted by Gasteiger charge is 2.33. The number of rotatable bonds is 4. The van der Waals surface area contributed by atoms with E-state index in [0.717, 1.165) is 9.35 Å². The average Bonchev–Trinajstić information content (AvgIpc) is 2.79. The monoisotopic (exact) mass is 397 g/mol. The molecule has 1 unspecified atom stereocenters. The lowest BCUT2D eigenvalue weighted by molar-refractivity contribution is -0.145. The van der Waals surface area contributed by atoms with Crippen LogP contribution in [0.1, 0.15) is 12.0 Å². The van der Waals surface area contributed by atoms with Crippen molar-refractivity contribution in [2.24, 2.45) is 0 Å². The van der Waals surface area contributed by atoms with Crippen LogP contribution in [-0.4, -0.2) is 51.6 Å². The molecule has 118 valence electrons. The first kappa shape index (κ1) is 16.9. The van der Waals surface area contributed by atoms with Crippen molar-refractivity contribution in [2.75, 3.05) is 26.8 Å². The number of methoxy groups -OCH3 is 1. The summed E-state index contributed by atoms with van der Waals surface area (Å²) in [7, 11) is -2.25. The summed E-state index contributed by atoms with van der Waals surface area (Å²) < 4.78 is 37.7. The van der Waals surface area contributed by atoms with Crippen molar-refractivity contribution >= 4 is 43.3 Å². The highest BCUT2D eigenvalue weighted by atomic mass is 79.9. The van der Waals surface area contributed by atoms with Crippen molar-refractivity contribution in [2.45, 2.75) is 23.7 Å². The van der Waals surface area contributed by atoms with Gasteiger partial charge in [-0.3, -0.25) is 4.79 Å². The van der Waals surface area contributed by atoms with Crippen LogP contribution in [0, 0.1) is 6.92 Å². The number of carbonyl (C=O) groups excluding carboxylic acids is 1. The molecule has 0 saturated carbocycles. The van der Waals surface area contributed by atoms with Gasteiger partial charge >= 0.3 is 5.97 Å². The summed E-state index contributed by atoms with van der Waals surface area (Å²) in [5, 5.41) is 0. The van der Waals surface area contributed by atoms with Gasteiger partial charge in [-0.1, -0.05) is 0 Å². The van der Waals surface area contributed by atoms with Gasteiger partial charge < -0.3 is 9.47 Å². The summed E-state index contributed by atoms with van der Waals surface area (Å²) in [6.45, 7) is 2.56. The summed E-state index contributed by atoms with van der Waals surface area (Å²) in [5.74, 6) is -0.408. The second-order valence-corrected chi connectivity index (χ2v) is 9.19. The van der Waals surface area contributed by atoms with Crippen LogP contribution in [0.3, 0.4) is 0 Å².